The largest absolute Gasteiger partial charge is 0.466 e. The maximum absolute atomic E-state index is 13.3. The summed E-state index contributed by atoms with van der Waals surface area (Å²) in [6.07, 6.45) is 3.42. The Labute approximate surface area is 198 Å². The molecule has 0 radical (unpaired) electrons. The van der Waals surface area contributed by atoms with E-state index in [2.05, 4.69) is 20.6 Å². The quantitative estimate of drug-likeness (QED) is 0.542. The van der Waals surface area contributed by atoms with Crippen LogP contribution in [0.15, 0.2) is 17.2 Å². The van der Waals surface area contributed by atoms with Gasteiger partial charge in [0.25, 0.3) is 11.5 Å². The van der Waals surface area contributed by atoms with Gasteiger partial charge >= 0.3 is 5.97 Å². The second-order valence-corrected chi connectivity index (χ2v) is 10.1. The molecular weight excluding hydrogens is 466 g/mol. The fourth-order valence-electron chi connectivity index (χ4n) is 4.61. The first-order valence-electron chi connectivity index (χ1n) is 10.7. The Morgan fingerprint density at radius 1 is 1.39 bits per heavy atom. The number of halogens is 1. The van der Waals surface area contributed by atoms with Gasteiger partial charge in [-0.1, -0.05) is 11.6 Å². The number of amides is 1. The van der Waals surface area contributed by atoms with Crippen molar-refractivity contribution in [1.82, 2.24) is 19.9 Å². The van der Waals surface area contributed by atoms with Gasteiger partial charge in [-0.3, -0.25) is 19.0 Å². The molecule has 1 amide bonds. The van der Waals surface area contributed by atoms with Crippen molar-refractivity contribution < 1.29 is 14.3 Å². The molecule has 0 saturated carbocycles. The van der Waals surface area contributed by atoms with E-state index in [-0.39, 0.29) is 39.8 Å². The zero-order chi connectivity index (χ0) is 23.5. The number of carbonyl (C=O) groups excluding carboxylic acids is 2. The summed E-state index contributed by atoms with van der Waals surface area (Å²) >= 11 is 7.91. The van der Waals surface area contributed by atoms with Gasteiger partial charge < -0.3 is 15.4 Å². The highest BCUT2D eigenvalue weighted by Gasteiger charge is 2.38. The number of anilines is 2. The Hall–Kier alpha value is -2.98. The van der Waals surface area contributed by atoms with Gasteiger partial charge in [-0.15, -0.1) is 11.3 Å². The minimum atomic E-state index is -0.907. The van der Waals surface area contributed by atoms with Gasteiger partial charge in [0.05, 0.1) is 22.9 Å². The maximum atomic E-state index is 13.3. The summed E-state index contributed by atoms with van der Waals surface area (Å²) in [6, 6.07) is 1.46. The standard InChI is InChI=1S/C22H22ClN5O4S/c1-4-32-21(31)10-5-6-11-14(7-10)33-19-15(11)17(24-9-25-19)26-13-8-12(23)16-18(29)27-22(2,3)28(16)20(13)30/h8-10H,4-7H2,1-3H3,(H,27,29)(H,24,25,26)/t10-/m0/s1. The number of nitrogens with one attached hydrogen (secondary N) is 2. The van der Waals surface area contributed by atoms with Crippen LogP contribution in [0.2, 0.25) is 5.02 Å². The fourth-order valence-corrected chi connectivity index (χ4v) is 6.15. The molecule has 0 saturated heterocycles. The second-order valence-electron chi connectivity index (χ2n) is 8.63. The van der Waals surface area contributed by atoms with E-state index in [1.165, 1.54) is 28.3 Å². The number of fused-ring (bicyclic) bond motifs is 4. The van der Waals surface area contributed by atoms with Gasteiger partial charge in [-0.05, 0) is 51.7 Å². The number of aromatic nitrogens is 3. The van der Waals surface area contributed by atoms with Crippen LogP contribution in [0.1, 0.15) is 48.1 Å². The monoisotopic (exact) mass is 487 g/mol. The van der Waals surface area contributed by atoms with Crippen molar-refractivity contribution in [3.63, 3.8) is 0 Å². The molecule has 0 unspecified atom stereocenters. The molecule has 0 aromatic carbocycles. The van der Waals surface area contributed by atoms with E-state index >= 15 is 0 Å². The molecular formula is C22H22ClN5O4S. The zero-order valence-electron chi connectivity index (χ0n) is 18.3. The number of pyridine rings is 1. The topological polar surface area (TPSA) is 115 Å². The lowest BCUT2D eigenvalue weighted by atomic mass is 9.88. The molecule has 5 rings (SSSR count). The normalized spacial score (nSPS) is 18.5. The molecule has 33 heavy (non-hydrogen) atoms. The third kappa shape index (κ3) is 3.48. The first-order valence-corrected chi connectivity index (χ1v) is 11.9. The summed E-state index contributed by atoms with van der Waals surface area (Å²) in [5.74, 6) is -0.226. The van der Waals surface area contributed by atoms with E-state index in [0.717, 1.165) is 20.7 Å². The SMILES string of the molecule is CCOC(=O)[C@H]1CCc2c(sc3ncnc(Nc4cc(Cl)c5n(c4=O)C(C)(C)NC5=O)c23)C1. The molecule has 0 spiro atoms. The Balaban J connectivity index is 1.56. The highest BCUT2D eigenvalue weighted by atomic mass is 35.5. The Kier molecular flexibility index (Phi) is 5.17. The Morgan fingerprint density at radius 3 is 2.94 bits per heavy atom. The molecule has 0 fully saturated rings. The molecule has 3 aromatic heterocycles. The van der Waals surface area contributed by atoms with Crippen molar-refractivity contribution in [2.75, 3.05) is 11.9 Å². The number of hydrogen-bond acceptors (Lipinski definition) is 8. The molecule has 3 aromatic rings. The Bertz CT molecular complexity index is 1380. The minimum Gasteiger partial charge on any atom is -0.466 e. The lowest BCUT2D eigenvalue weighted by molar-refractivity contribution is -0.148. The second kappa shape index (κ2) is 7.81. The predicted molar refractivity (Wildman–Crippen MR) is 125 cm³/mol. The fraction of sp³-hybridized carbons (Fsp3) is 0.409. The highest BCUT2D eigenvalue weighted by molar-refractivity contribution is 7.19. The van der Waals surface area contributed by atoms with Crippen LogP contribution in [0.4, 0.5) is 11.5 Å². The number of nitrogens with zero attached hydrogens (tertiary/aromatic N) is 3. The molecule has 1 aliphatic carbocycles. The summed E-state index contributed by atoms with van der Waals surface area (Å²) in [5.41, 5.74) is 0.158. The summed E-state index contributed by atoms with van der Waals surface area (Å²) in [4.78, 5) is 48.5. The van der Waals surface area contributed by atoms with E-state index in [9.17, 15) is 14.4 Å². The summed E-state index contributed by atoms with van der Waals surface area (Å²) in [6.45, 7) is 5.65. The van der Waals surface area contributed by atoms with E-state index in [1.54, 1.807) is 20.8 Å². The molecule has 2 N–H and O–H groups in total. The number of hydrogen-bond donors (Lipinski definition) is 2. The van der Waals surface area contributed by atoms with E-state index in [1.807, 2.05) is 0 Å². The van der Waals surface area contributed by atoms with Gasteiger partial charge in [0.1, 0.15) is 34.0 Å². The first kappa shape index (κ1) is 21.8. The molecule has 1 aliphatic heterocycles. The number of thiophene rings is 1. The average Bonchev–Trinajstić information content (AvgIpc) is 3.25. The van der Waals surface area contributed by atoms with Crippen molar-refractivity contribution in [1.29, 1.82) is 0 Å². The highest BCUT2D eigenvalue weighted by Crippen LogP contribution is 2.40. The van der Waals surface area contributed by atoms with Crippen molar-refractivity contribution in [2.45, 2.75) is 45.7 Å². The van der Waals surface area contributed by atoms with Crippen molar-refractivity contribution in [2.24, 2.45) is 5.92 Å². The van der Waals surface area contributed by atoms with E-state index in [0.29, 0.717) is 31.7 Å². The van der Waals surface area contributed by atoms with Gasteiger partial charge in [0.15, 0.2) is 0 Å². The van der Waals surface area contributed by atoms with Crippen LogP contribution in [0.3, 0.4) is 0 Å². The lowest BCUT2D eigenvalue weighted by Crippen LogP contribution is -2.42. The van der Waals surface area contributed by atoms with Crippen LogP contribution in [0.5, 0.6) is 0 Å². The molecule has 11 heteroatoms. The first-order chi connectivity index (χ1) is 15.7. The third-order valence-electron chi connectivity index (χ3n) is 6.07. The van der Waals surface area contributed by atoms with Gasteiger partial charge in [0, 0.05) is 4.88 Å². The third-order valence-corrected chi connectivity index (χ3v) is 7.52. The van der Waals surface area contributed by atoms with Crippen molar-refractivity contribution in [3.05, 3.63) is 43.9 Å². The maximum Gasteiger partial charge on any atom is 0.309 e. The number of ether oxygens (including phenoxy) is 1. The molecule has 4 heterocycles. The van der Waals surface area contributed by atoms with Crippen LogP contribution in [0, 0.1) is 5.92 Å². The van der Waals surface area contributed by atoms with Crippen LogP contribution < -0.4 is 16.2 Å². The average molecular weight is 488 g/mol. The van der Waals surface area contributed by atoms with Crippen LogP contribution in [0.25, 0.3) is 10.2 Å². The predicted octanol–water partition coefficient (Wildman–Crippen LogP) is 3.35. The minimum absolute atomic E-state index is 0.142. The number of rotatable bonds is 4. The van der Waals surface area contributed by atoms with Crippen molar-refractivity contribution >= 4 is 56.5 Å². The van der Waals surface area contributed by atoms with Crippen LogP contribution >= 0.6 is 22.9 Å². The van der Waals surface area contributed by atoms with Crippen LogP contribution in [-0.4, -0.2) is 33.0 Å². The van der Waals surface area contributed by atoms with Gasteiger partial charge in [-0.2, -0.15) is 0 Å². The Morgan fingerprint density at radius 2 is 2.18 bits per heavy atom. The van der Waals surface area contributed by atoms with Crippen molar-refractivity contribution in [3.8, 4) is 0 Å². The summed E-state index contributed by atoms with van der Waals surface area (Å²) in [5, 5.41) is 6.92. The zero-order valence-corrected chi connectivity index (χ0v) is 19.9. The summed E-state index contributed by atoms with van der Waals surface area (Å²) in [7, 11) is 0. The summed E-state index contributed by atoms with van der Waals surface area (Å²) < 4.78 is 6.57. The smallest absolute Gasteiger partial charge is 0.309 e. The van der Waals surface area contributed by atoms with Gasteiger partial charge in [0.2, 0.25) is 0 Å². The molecule has 2 aliphatic rings. The van der Waals surface area contributed by atoms with Gasteiger partial charge in [-0.25, -0.2) is 9.97 Å². The number of aryl methyl sites for hydroxylation is 1. The number of esters is 1. The molecule has 9 nitrogen and oxygen atoms in total. The molecule has 0 bridgehead atoms. The van der Waals surface area contributed by atoms with E-state index in [4.69, 9.17) is 16.3 Å². The number of carbonyl (C=O) groups is 2. The molecule has 1 atom stereocenters. The lowest BCUT2D eigenvalue weighted by Gasteiger charge is -2.22. The van der Waals surface area contributed by atoms with Crippen LogP contribution in [-0.2, 0) is 28.0 Å². The molecule has 172 valence electrons. The van der Waals surface area contributed by atoms with E-state index < -0.39 is 5.66 Å².